The molecule has 0 radical (unpaired) electrons. The molecule has 39 heavy (non-hydrogen) atoms. The van der Waals surface area contributed by atoms with Crippen molar-refractivity contribution in [3.63, 3.8) is 0 Å². The van der Waals surface area contributed by atoms with Gasteiger partial charge in [0.05, 0.1) is 19.9 Å². The lowest BCUT2D eigenvalue weighted by Crippen LogP contribution is -2.44. The molecule has 0 aliphatic carbocycles. The van der Waals surface area contributed by atoms with Crippen LogP contribution in [0.4, 0.5) is 4.79 Å². The quantitative estimate of drug-likeness (QED) is 0.375. The molecule has 8 nitrogen and oxygen atoms in total. The number of benzene rings is 2. The molecule has 4 rings (SSSR count). The Morgan fingerprint density at radius 2 is 1.72 bits per heavy atom. The summed E-state index contributed by atoms with van der Waals surface area (Å²) in [6, 6.07) is 12.7. The number of fused-ring (bicyclic) bond motifs is 1. The molecule has 0 unspecified atom stereocenters. The summed E-state index contributed by atoms with van der Waals surface area (Å²) in [4.78, 5) is 30.0. The highest BCUT2D eigenvalue weighted by Gasteiger charge is 2.26. The molecule has 3 aromatic rings. The molecule has 0 atom stereocenters. The van der Waals surface area contributed by atoms with Gasteiger partial charge < -0.3 is 29.4 Å². The summed E-state index contributed by atoms with van der Waals surface area (Å²) in [7, 11) is 3.29. The SMILES string of the molecule is COc1ccc(-c2[nH]c3ccc(C4CCN(C(=O)CNC(=O)OC(C)(C)C)CC4)cc3c2C(C)C)cc1OC. The third-order valence-electron chi connectivity index (χ3n) is 7.21. The van der Waals surface area contributed by atoms with Gasteiger partial charge in [-0.3, -0.25) is 4.79 Å². The van der Waals surface area contributed by atoms with Crippen molar-refractivity contribution in [2.75, 3.05) is 33.9 Å². The van der Waals surface area contributed by atoms with Crippen molar-refractivity contribution in [1.82, 2.24) is 15.2 Å². The van der Waals surface area contributed by atoms with Crippen molar-refractivity contribution >= 4 is 22.9 Å². The average Bonchev–Trinajstić information content (AvgIpc) is 3.29. The number of piperidine rings is 1. The fraction of sp³-hybridized carbons (Fsp3) is 0.484. The van der Waals surface area contributed by atoms with Gasteiger partial charge in [0.2, 0.25) is 5.91 Å². The summed E-state index contributed by atoms with van der Waals surface area (Å²) in [5, 5.41) is 3.80. The van der Waals surface area contributed by atoms with Crippen molar-refractivity contribution in [1.29, 1.82) is 0 Å². The lowest BCUT2D eigenvalue weighted by molar-refractivity contribution is -0.131. The molecule has 2 N–H and O–H groups in total. The molecule has 0 saturated carbocycles. The van der Waals surface area contributed by atoms with E-state index in [1.54, 1.807) is 35.0 Å². The second kappa shape index (κ2) is 11.6. The molecule has 1 fully saturated rings. The van der Waals surface area contributed by atoms with Gasteiger partial charge in [0.15, 0.2) is 11.5 Å². The maximum absolute atomic E-state index is 12.7. The minimum Gasteiger partial charge on any atom is -0.493 e. The highest BCUT2D eigenvalue weighted by atomic mass is 16.6. The molecule has 2 amide bonds. The molecule has 1 saturated heterocycles. The first-order chi connectivity index (χ1) is 18.5. The second-order valence-electron chi connectivity index (χ2n) is 11.5. The molecule has 8 heteroatoms. The number of hydrogen-bond acceptors (Lipinski definition) is 5. The Morgan fingerprint density at radius 1 is 1.03 bits per heavy atom. The van der Waals surface area contributed by atoms with Gasteiger partial charge in [-0.1, -0.05) is 19.9 Å². The summed E-state index contributed by atoms with van der Waals surface area (Å²) in [6.45, 7) is 11.1. The first-order valence-corrected chi connectivity index (χ1v) is 13.6. The van der Waals surface area contributed by atoms with Crippen LogP contribution in [-0.2, 0) is 9.53 Å². The van der Waals surface area contributed by atoms with Crippen molar-refractivity contribution in [2.24, 2.45) is 0 Å². The highest BCUT2D eigenvalue weighted by molar-refractivity contribution is 5.92. The molecule has 2 aromatic carbocycles. The number of carbonyl (C=O) groups is 2. The number of aromatic nitrogens is 1. The summed E-state index contributed by atoms with van der Waals surface area (Å²) in [5.74, 6) is 2.01. The van der Waals surface area contributed by atoms with Crippen molar-refractivity contribution in [2.45, 2.75) is 64.9 Å². The predicted molar refractivity (Wildman–Crippen MR) is 154 cm³/mol. The maximum atomic E-state index is 12.7. The van der Waals surface area contributed by atoms with Crippen LogP contribution in [0.1, 0.15) is 70.4 Å². The van der Waals surface area contributed by atoms with E-state index in [1.807, 2.05) is 17.0 Å². The molecule has 1 aliphatic heterocycles. The van der Waals surface area contributed by atoms with E-state index < -0.39 is 11.7 Å². The van der Waals surface area contributed by atoms with Crippen LogP contribution in [-0.4, -0.2) is 61.3 Å². The molecule has 210 valence electrons. The van der Waals surface area contributed by atoms with Crippen molar-refractivity contribution in [3.8, 4) is 22.8 Å². The van der Waals surface area contributed by atoms with E-state index in [-0.39, 0.29) is 12.5 Å². The number of hydrogen-bond donors (Lipinski definition) is 2. The number of carbonyl (C=O) groups excluding carboxylic acids is 2. The van der Waals surface area contributed by atoms with E-state index >= 15 is 0 Å². The van der Waals surface area contributed by atoms with Gasteiger partial charge in [-0.15, -0.1) is 0 Å². The van der Waals surface area contributed by atoms with Crippen LogP contribution in [0.5, 0.6) is 11.5 Å². The molecule has 1 aliphatic rings. The standard InChI is InChI=1S/C31H41N3O5/c1-19(2)28-23-16-21(8-10-24(23)33-29(28)22-9-11-25(37-6)26(17-22)38-7)20-12-14-34(15-13-20)27(35)18-32-30(36)39-31(3,4)5/h8-11,16-17,19-20,33H,12-15,18H2,1-7H3,(H,32,36). The zero-order chi connectivity index (χ0) is 28.3. The summed E-state index contributed by atoms with van der Waals surface area (Å²) in [5.41, 5.74) is 5.23. The average molecular weight is 536 g/mol. The first kappa shape index (κ1) is 28.3. The third-order valence-corrected chi connectivity index (χ3v) is 7.21. The predicted octanol–water partition coefficient (Wildman–Crippen LogP) is 6.21. The van der Waals surface area contributed by atoms with Crippen LogP contribution in [0.3, 0.4) is 0 Å². The van der Waals surface area contributed by atoms with E-state index in [1.165, 1.54) is 16.5 Å². The van der Waals surface area contributed by atoms with E-state index in [9.17, 15) is 9.59 Å². The number of nitrogens with zero attached hydrogens (tertiary/aromatic N) is 1. The minimum absolute atomic E-state index is 0.0500. The Balaban J connectivity index is 1.49. The van der Waals surface area contributed by atoms with Crippen LogP contribution < -0.4 is 14.8 Å². The number of H-pyrrole nitrogens is 1. The molecular weight excluding hydrogens is 494 g/mol. The Kier molecular flexibility index (Phi) is 8.42. The fourth-order valence-corrected chi connectivity index (χ4v) is 5.34. The van der Waals surface area contributed by atoms with Crippen LogP contribution in [0.25, 0.3) is 22.2 Å². The van der Waals surface area contributed by atoms with Gasteiger partial charge in [-0.25, -0.2) is 4.79 Å². The molecule has 0 spiro atoms. The number of aromatic amines is 1. The first-order valence-electron chi connectivity index (χ1n) is 13.6. The number of methoxy groups -OCH3 is 2. The number of rotatable bonds is 7. The molecule has 2 heterocycles. The highest BCUT2D eigenvalue weighted by Crippen LogP contribution is 2.40. The number of alkyl carbamates (subject to hydrolysis) is 1. The van der Waals surface area contributed by atoms with Crippen molar-refractivity contribution < 1.29 is 23.8 Å². The normalized spacial score (nSPS) is 14.5. The monoisotopic (exact) mass is 535 g/mol. The van der Waals surface area contributed by atoms with Crippen LogP contribution in [0.15, 0.2) is 36.4 Å². The van der Waals surface area contributed by atoms with E-state index in [4.69, 9.17) is 14.2 Å². The number of amides is 2. The van der Waals surface area contributed by atoms with E-state index in [0.29, 0.717) is 36.4 Å². The van der Waals surface area contributed by atoms with Crippen LogP contribution >= 0.6 is 0 Å². The van der Waals surface area contributed by atoms with Gasteiger partial charge in [0.1, 0.15) is 12.1 Å². The van der Waals surface area contributed by atoms with Gasteiger partial charge in [-0.05, 0) is 86.9 Å². The smallest absolute Gasteiger partial charge is 0.408 e. The topological polar surface area (TPSA) is 92.9 Å². The van der Waals surface area contributed by atoms with Crippen LogP contribution in [0, 0.1) is 0 Å². The van der Waals surface area contributed by atoms with E-state index in [2.05, 4.69) is 48.4 Å². The van der Waals surface area contributed by atoms with Gasteiger partial charge in [0, 0.05) is 29.6 Å². The molecule has 1 aromatic heterocycles. The van der Waals surface area contributed by atoms with Gasteiger partial charge >= 0.3 is 6.09 Å². The number of likely N-dealkylation sites (tertiary alicyclic amines) is 1. The second-order valence-corrected chi connectivity index (χ2v) is 11.5. The van der Waals surface area contributed by atoms with Gasteiger partial charge in [0.25, 0.3) is 0 Å². The van der Waals surface area contributed by atoms with Crippen molar-refractivity contribution in [3.05, 3.63) is 47.5 Å². The fourth-order valence-electron chi connectivity index (χ4n) is 5.34. The Hall–Kier alpha value is -3.68. The Morgan fingerprint density at radius 3 is 2.33 bits per heavy atom. The van der Waals surface area contributed by atoms with Gasteiger partial charge in [-0.2, -0.15) is 0 Å². The Labute approximate surface area is 231 Å². The molecule has 0 bridgehead atoms. The number of nitrogens with one attached hydrogen (secondary N) is 2. The minimum atomic E-state index is -0.594. The summed E-state index contributed by atoms with van der Waals surface area (Å²) < 4.78 is 16.2. The summed E-state index contributed by atoms with van der Waals surface area (Å²) in [6.07, 6.45) is 1.19. The maximum Gasteiger partial charge on any atom is 0.408 e. The molecular formula is C31H41N3O5. The zero-order valence-electron chi connectivity index (χ0n) is 24.1. The Bertz CT molecular complexity index is 1330. The summed E-state index contributed by atoms with van der Waals surface area (Å²) >= 11 is 0. The lowest BCUT2D eigenvalue weighted by atomic mass is 9.87. The van der Waals surface area contributed by atoms with Crippen LogP contribution in [0.2, 0.25) is 0 Å². The lowest BCUT2D eigenvalue weighted by Gasteiger charge is -2.32. The third kappa shape index (κ3) is 6.49. The van der Waals surface area contributed by atoms with E-state index in [0.717, 1.165) is 29.6 Å². The zero-order valence-corrected chi connectivity index (χ0v) is 24.1. The number of ether oxygens (including phenoxy) is 3. The largest absolute Gasteiger partial charge is 0.493 e.